The van der Waals surface area contributed by atoms with Gasteiger partial charge in [-0.15, -0.1) is 0 Å². The maximum atomic E-state index is 12.0. The second-order valence-corrected chi connectivity index (χ2v) is 6.25. The second-order valence-electron chi connectivity index (χ2n) is 6.25. The summed E-state index contributed by atoms with van der Waals surface area (Å²) in [6.07, 6.45) is 4.82. The molecule has 2 aromatic carbocycles. The van der Waals surface area contributed by atoms with E-state index < -0.39 is 0 Å². The lowest BCUT2D eigenvalue weighted by Crippen LogP contribution is -2.27. The zero-order valence-corrected chi connectivity index (χ0v) is 15.8. The monoisotopic (exact) mass is 368 g/mol. The molecule has 1 heterocycles. The Balaban J connectivity index is 2.17. The first-order chi connectivity index (χ1) is 13.1. The molecule has 0 saturated heterocycles. The van der Waals surface area contributed by atoms with Crippen molar-refractivity contribution in [3.63, 3.8) is 0 Å². The van der Waals surface area contributed by atoms with Crippen LogP contribution in [0.2, 0.25) is 0 Å². The van der Waals surface area contributed by atoms with Gasteiger partial charge in [-0.05, 0) is 47.9 Å². The van der Waals surface area contributed by atoms with Crippen LogP contribution >= 0.6 is 0 Å². The van der Waals surface area contributed by atoms with E-state index in [2.05, 4.69) is 0 Å². The van der Waals surface area contributed by atoms with Crippen molar-refractivity contribution < 1.29 is 19.0 Å². The first-order valence-corrected chi connectivity index (χ1v) is 8.86. The molecule has 6 nitrogen and oxygen atoms in total. The van der Waals surface area contributed by atoms with Crippen molar-refractivity contribution in [2.75, 3.05) is 14.2 Å². The molecule has 0 fully saturated rings. The Bertz CT molecular complexity index is 854. The highest BCUT2D eigenvalue weighted by Crippen LogP contribution is 2.44. The summed E-state index contributed by atoms with van der Waals surface area (Å²) in [5, 5.41) is 1.56. The predicted octanol–water partition coefficient (Wildman–Crippen LogP) is 3.74. The van der Waals surface area contributed by atoms with Crippen molar-refractivity contribution in [3.8, 4) is 28.4 Å². The average Bonchev–Trinajstić information content (AvgIpc) is 2.68. The summed E-state index contributed by atoms with van der Waals surface area (Å²) in [6, 6.07) is 9.39. The number of benzene rings is 2. The minimum Gasteiger partial charge on any atom is -0.496 e. The fourth-order valence-electron chi connectivity index (χ4n) is 3.21. The number of nitrogens with two attached hydrogens (primary N) is 1. The van der Waals surface area contributed by atoms with Crippen LogP contribution in [0.15, 0.2) is 36.5 Å². The van der Waals surface area contributed by atoms with E-state index in [-0.39, 0.29) is 5.97 Å². The van der Waals surface area contributed by atoms with Crippen LogP contribution in [0.4, 0.5) is 0 Å². The van der Waals surface area contributed by atoms with Gasteiger partial charge in [-0.1, -0.05) is 13.0 Å². The third kappa shape index (κ3) is 3.75. The van der Waals surface area contributed by atoms with Gasteiger partial charge in [-0.2, -0.15) is 0 Å². The van der Waals surface area contributed by atoms with Crippen LogP contribution in [0, 0.1) is 0 Å². The van der Waals surface area contributed by atoms with Crippen molar-refractivity contribution in [1.82, 2.24) is 5.01 Å². The zero-order chi connectivity index (χ0) is 19.4. The summed E-state index contributed by atoms with van der Waals surface area (Å²) in [5.41, 5.74) is 3.57. The number of methoxy groups -OCH3 is 2. The Morgan fingerprint density at radius 3 is 2.44 bits per heavy atom. The van der Waals surface area contributed by atoms with Crippen LogP contribution in [0.3, 0.4) is 0 Å². The second kappa shape index (κ2) is 8.14. The third-order valence-electron chi connectivity index (χ3n) is 4.46. The molecular formula is C21H24N2O4. The van der Waals surface area contributed by atoms with Gasteiger partial charge in [-0.25, -0.2) is 5.84 Å². The van der Waals surface area contributed by atoms with E-state index in [1.54, 1.807) is 31.5 Å². The molecule has 0 aliphatic carbocycles. The molecule has 0 bridgehead atoms. The van der Waals surface area contributed by atoms with Crippen LogP contribution in [0.5, 0.6) is 17.2 Å². The normalized spacial score (nSPS) is 12.5. The van der Waals surface area contributed by atoms with Gasteiger partial charge in [0.15, 0.2) is 0 Å². The first-order valence-electron chi connectivity index (χ1n) is 8.86. The molecule has 0 aromatic heterocycles. The van der Waals surface area contributed by atoms with Gasteiger partial charge < -0.3 is 19.2 Å². The van der Waals surface area contributed by atoms with Crippen LogP contribution in [-0.2, 0) is 11.3 Å². The van der Waals surface area contributed by atoms with Gasteiger partial charge in [0.2, 0.25) is 0 Å². The lowest BCUT2D eigenvalue weighted by molar-refractivity contribution is -0.134. The molecule has 0 saturated carbocycles. The number of rotatable bonds is 6. The molecule has 3 rings (SSSR count). The first kappa shape index (κ1) is 18.8. The molecule has 2 N–H and O–H groups in total. The summed E-state index contributed by atoms with van der Waals surface area (Å²) < 4.78 is 16.7. The highest BCUT2D eigenvalue weighted by Gasteiger charge is 2.23. The number of carbonyl (C=O) groups is 1. The molecule has 142 valence electrons. The minimum absolute atomic E-state index is 0.250. The smallest absolute Gasteiger partial charge is 0.311 e. The van der Waals surface area contributed by atoms with Crippen LogP contribution in [-0.4, -0.2) is 25.2 Å². The number of esters is 1. The fourth-order valence-corrected chi connectivity index (χ4v) is 3.21. The highest BCUT2D eigenvalue weighted by atomic mass is 16.5. The van der Waals surface area contributed by atoms with E-state index in [9.17, 15) is 4.79 Å². The van der Waals surface area contributed by atoms with E-state index in [0.717, 1.165) is 28.7 Å². The Morgan fingerprint density at radius 2 is 1.81 bits per heavy atom. The maximum absolute atomic E-state index is 12.0. The topological polar surface area (TPSA) is 74.0 Å². The van der Waals surface area contributed by atoms with E-state index in [0.29, 0.717) is 30.2 Å². The molecule has 0 radical (unpaired) electrons. The van der Waals surface area contributed by atoms with E-state index in [1.165, 1.54) is 0 Å². The molecule has 6 heteroatoms. The van der Waals surface area contributed by atoms with Gasteiger partial charge in [0.25, 0.3) is 0 Å². The Labute approximate surface area is 159 Å². The van der Waals surface area contributed by atoms with Gasteiger partial charge in [0.1, 0.15) is 17.2 Å². The Morgan fingerprint density at radius 1 is 1.11 bits per heavy atom. The summed E-state index contributed by atoms with van der Waals surface area (Å²) in [6.45, 7) is 2.38. The quantitative estimate of drug-likeness (QED) is 0.476. The molecule has 0 spiro atoms. The largest absolute Gasteiger partial charge is 0.496 e. The van der Waals surface area contributed by atoms with Crippen molar-refractivity contribution >= 4 is 12.0 Å². The van der Waals surface area contributed by atoms with E-state index in [1.807, 2.05) is 37.3 Å². The number of carbonyl (C=O) groups excluding carboxylic acids is 1. The predicted molar refractivity (Wildman–Crippen MR) is 104 cm³/mol. The van der Waals surface area contributed by atoms with Gasteiger partial charge in [0, 0.05) is 18.2 Å². The van der Waals surface area contributed by atoms with Gasteiger partial charge in [0.05, 0.1) is 26.3 Å². The molecule has 0 amide bonds. The molecule has 1 aliphatic heterocycles. The van der Waals surface area contributed by atoms with Crippen molar-refractivity contribution in [2.45, 2.75) is 26.3 Å². The fraction of sp³-hybridized carbons (Fsp3) is 0.286. The number of ether oxygens (including phenoxy) is 3. The number of fused-ring (bicyclic) bond motifs is 1. The van der Waals surface area contributed by atoms with E-state index >= 15 is 0 Å². The number of nitrogens with zero attached hydrogens (tertiary/aromatic N) is 1. The molecule has 2 aromatic rings. The molecule has 27 heavy (non-hydrogen) atoms. The number of hydrogen-bond acceptors (Lipinski definition) is 6. The summed E-state index contributed by atoms with van der Waals surface area (Å²) in [4.78, 5) is 12.0. The lowest BCUT2D eigenvalue weighted by atomic mass is 9.92. The maximum Gasteiger partial charge on any atom is 0.311 e. The average molecular weight is 368 g/mol. The van der Waals surface area contributed by atoms with Crippen molar-refractivity contribution in [1.29, 1.82) is 0 Å². The van der Waals surface area contributed by atoms with Crippen LogP contribution in [0.1, 0.15) is 30.9 Å². The van der Waals surface area contributed by atoms with Gasteiger partial charge in [-0.3, -0.25) is 4.79 Å². The number of hydrogen-bond donors (Lipinski definition) is 1. The molecule has 0 unspecified atom stereocenters. The summed E-state index contributed by atoms with van der Waals surface area (Å²) in [5.74, 6) is 7.65. The van der Waals surface area contributed by atoms with Crippen molar-refractivity contribution in [3.05, 3.63) is 47.7 Å². The number of hydrazine groups is 1. The van der Waals surface area contributed by atoms with Crippen molar-refractivity contribution in [2.24, 2.45) is 5.84 Å². The Hall–Kier alpha value is -2.99. The van der Waals surface area contributed by atoms with Crippen LogP contribution < -0.4 is 20.1 Å². The Kier molecular flexibility index (Phi) is 5.66. The molecule has 1 aliphatic rings. The van der Waals surface area contributed by atoms with Gasteiger partial charge >= 0.3 is 5.97 Å². The molecule has 0 atom stereocenters. The lowest BCUT2D eigenvalue weighted by Gasteiger charge is -2.25. The minimum atomic E-state index is -0.250. The standard InChI is InChI=1S/C21H24N2O4/c1-4-6-20(24)27-17-10-9-15(14-11-12-23(22)13-16(14)17)21-18(25-2)7-5-8-19(21)26-3/h5,7-12H,4,6,13,22H2,1-3H3. The molecular weight excluding hydrogens is 344 g/mol. The SMILES string of the molecule is CCCC(=O)Oc1ccc(-c2c(OC)cccc2OC)c2c1CN(N)C=C2. The summed E-state index contributed by atoms with van der Waals surface area (Å²) >= 11 is 0. The van der Waals surface area contributed by atoms with E-state index in [4.69, 9.17) is 20.1 Å². The zero-order valence-electron chi connectivity index (χ0n) is 15.8. The summed E-state index contributed by atoms with van der Waals surface area (Å²) in [7, 11) is 3.26. The highest BCUT2D eigenvalue weighted by molar-refractivity contribution is 5.86. The van der Waals surface area contributed by atoms with Crippen LogP contribution in [0.25, 0.3) is 17.2 Å². The third-order valence-corrected chi connectivity index (χ3v) is 4.46.